The van der Waals surface area contributed by atoms with Crippen molar-refractivity contribution in [3.63, 3.8) is 0 Å². The monoisotopic (exact) mass is 244 g/mol. The standard InChI is InChI=1S/C12H20O5/c1-5-14-11(13)7(2)9-10-8(6-15-9)16-12(3,4)17-10/h7-10H,5-6H2,1-4H3/t7?,8-,9?,10-/m1/s1. The van der Waals surface area contributed by atoms with Crippen LogP contribution in [0.5, 0.6) is 0 Å². The van der Waals surface area contributed by atoms with Gasteiger partial charge in [0, 0.05) is 0 Å². The maximum atomic E-state index is 11.7. The summed E-state index contributed by atoms with van der Waals surface area (Å²) in [6, 6.07) is 0. The van der Waals surface area contributed by atoms with Crippen molar-refractivity contribution in [3.05, 3.63) is 0 Å². The van der Waals surface area contributed by atoms with Crippen molar-refractivity contribution in [1.82, 2.24) is 0 Å². The Bertz CT molecular complexity index is 301. The summed E-state index contributed by atoms with van der Waals surface area (Å²) in [4.78, 5) is 11.7. The third kappa shape index (κ3) is 2.46. The second-order valence-electron chi connectivity index (χ2n) is 4.98. The van der Waals surface area contributed by atoms with Gasteiger partial charge in [0.15, 0.2) is 5.79 Å². The molecule has 5 heteroatoms. The van der Waals surface area contributed by atoms with E-state index in [9.17, 15) is 4.79 Å². The van der Waals surface area contributed by atoms with Crippen molar-refractivity contribution in [1.29, 1.82) is 0 Å². The van der Waals surface area contributed by atoms with E-state index in [1.54, 1.807) is 13.8 Å². The van der Waals surface area contributed by atoms with Gasteiger partial charge in [-0.2, -0.15) is 0 Å². The highest BCUT2D eigenvalue weighted by Gasteiger charge is 2.52. The number of carbonyl (C=O) groups is 1. The Hall–Kier alpha value is -0.650. The molecule has 0 N–H and O–H groups in total. The Labute approximate surface area is 101 Å². The van der Waals surface area contributed by atoms with Gasteiger partial charge in [0.2, 0.25) is 0 Å². The molecule has 2 heterocycles. The van der Waals surface area contributed by atoms with Gasteiger partial charge in [0.25, 0.3) is 0 Å². The number of esters is 1. The van der Waals surface area contributed by atoms with Crippen LogP contribution in [0.4, 0.5) is 0 Å². The summed E-state index contributed by atoms with van der Waals surface area (Å²) >= 11 is 0. The van der Waals surface area contributed by atoms with Crippen LogP contribution in [0.3, 0.4) is 0 Å². The van der Waals surface area contributed by atoms with Crippen LogP contribution in [0.25, 0.3) is 0 Å². The smallest absolute Gasteiger partial charge is 0.311 e. The van der Waals surface area contributed by atoms with Crippen molar-refractivity contribution in [2.75, 3.05) is 13.2 Å². The lowest BCUT2D eigenvalue weighted by Gasteiger charge is -2.24. The molecule has 2 rings (SSSR count). The van der Waals surface area contributed by atoms with E-state index in [0.29, 0.717) is 13.2 Å². The zero-order valence-electron chi connectivity index (χ0n) is 10.8. The fourth-order valence-electron chi connectivity index (χ4n) is 2.41. The third-order valence-corrected chi connectivity index (χ3v) is 3.15. The highest BCUT2D eigenvalue weighted by Crippen LogP contribution is 2.37. The summed E-state index contributed by atoms with van der Waals surface area (Å²) in [5.74, 6) is -1.17. The first-order valence-corrected chi connectivity index (χ1v) is 6.08. The quantitative estimate of drug-likeness (QED) is 0.696. The average Bonchev–Trinajstić information content (AvgIpc) is 2.72. The first-order valence-electron chi connectivity index (χ1n) is 6.08. The molecule has 2 saturated heterocycles. The molecule has 0 aromatic heterocycles. The summed E-state index contributed by atoms with van der Waals surface area (Å²) in [6.07, 6.45) is -0.530. The molecule has 2 aliphatic heterocycles. The van der Waals surface area contributed by atoms with Crippen molar-refractivity contribution in [3.8, 4) is 0 Å². The number of rotatable bonds is 3. The molecular formula is C12H20O5. The predicted octanol–water partition coefficient (Wildman–Crippen LogP) is 1.10. The molecule has 17 heavy (non-hydrogen) atoms. The van der Waals surface area contributed by atoms with E-state index >= 15 is 0 Å². The molecule has 4 atom stereocenters. The molecule has 2 aliphatic rings. The fourth-order valence-corrected chi connectivity index (χ4v) is 2.41. The average molecular weight is 244 g/mol. The predicted molar refractivity (Wildman–Crippen MR) is 59.4 cm³/mol. The SMILES string of the molecule is CCOC(=O)C(C)C1OC[C@H]2OC(C)(C)O[C@@H]12. The molecule has 0 amide bonds. The van der Waals surface area contributed by atoms with Crippen LogP contribution in [0.15, 0.2) is 0 Å². The van der Waals surface area contributed by atoms with E-state index in [1.807, 2.05) is 13.8 Å². The highest BCUT2D eigenvalue weighted by atomic mass is 16.8. The van der Waals surface area contributed by atoms with E-state index in [-0.39, 0.29) is 30.2 Å². The molecule has 0 saturated carbocycles. The summed E-state index contributed by atoms with van der Waals surface area (Å²) < 4.78 is 22.1. The Morgan fingerprint density at radius 2 is 2.18 bits per heavy atom. The molecule has 0 aromatic carbocycles. The van der Waals surface area contributed by atoms with Crippen LogP contribution >= 0.6 is 0 Å². The van der Waals surface area contributed by atoms with Gasteiger partial charge in [-0.15, -0.1) is 0 Å². The van der Waals surface area contributed by atoms with Gasteiger partial charge in [0.1, 0.15) is 12.2 Å². The third-order valence-electron chi connectivity index (χ3n) is 3.15. The minimum atomic E-state index is -0.592. The van der Waals surface area contributed by atoms with Gasteiger partial charge in [-0.3, -0.25) is 4.79 Å². The molecule has 0 aliphatic carbocycles. The normalized spacial score (nSPS) is 36.6. The van der Waals surface area contributed by atoms with Gasteiger partial charge in [0.05, 0.1) is 25.2 Å². The van der Waals surface area contributed by atoms with Crippen LogP contribution in [0.1, 0.15) is 27.7 Å². The number of ether oxygens (including phenoxy) is 4. The molecule has 5 nitrogen and oxygen atoms in total. The number of hydrogen-bond acceptors (Lipinski definition) is 5. The van der Waals surface area contributed by atoms with Crippen LogP contribution in [-0.2, 0) is 23.7 Å². The molecule has 0 aromatic rings. The van der Waals surface area contributed by atoms with E-state index in [0.717, 1.165) is 0 Å². The first-order chi connectivity index (χ1) is 7.94. The maximum Gasteiger partial charge on any atom is 0.311 e. The lowest BCUT2D eigenvalue weighted by molar-refractivity contribution is -0.184. The minimum Gasteiger partial charge on any atom is -0.466 e. The number of carbonyl (C=O) groups excluding carboxylic acids is 1. The van der Waals surface area contributed by atoms with E-state index < -0.39 is 5.79 Å². The summed E-state index contributed by atoms with van der Waals surface area (Å²) in [5.41, 5.74) is 0. The van der Waals surface area contributed by atoms with Crippen LogP contribution in [-0.4, -0.2) is 43.3 Å². The van der Waals surface area contributed by atoms with Gasteiger partial charge in [-0.05, 0) is 27.7 Å². The van der Waals surface area contributed by atoms with E-state index in [2.05, 4.69) is 0 Å². The molecule has 0 radical (unpaired) electrons. The van der Waals surface area contributed by atoms with Crippen molar-refractivity contribution in [2.24, 2.45) is 5.92 Å². The van der Waals surface area contributed by atoms with Crippen LogP contribution in [0, 0.1) is 5.92 Å². The largest absolute Gasteiger partial charge is 0.466 e. The molecule has 2 unspecified atom stereocenters. The molecule has 98 valence electrons. The Kier molecular flexibility index (Phi) is 3.43. The maximum absolute atomic E-state index is 11.7. The first kappa shape index (κ1) is 12.8. The Morgan fingerprint density at radius 3 is 2.82 bits per heavy atom. The van der Waals surface area contributed by atoms with Crippen molar-refractivity contribution < 1.29 is 23.7 Å². The minimum absolute atomic E-state index is 0.0770. The molecule has 2 fully saturated rings. The van der Waals surface area contributed by atoms with Crippen molar-refractivity contribution in [2.45, 2.75) is 51.8 Å². The van der Waals surface area contributed by atoms with Gasteiger partial charge >= 0.3 is 5.97 Å². The highest BCUT2D eigenvalue weighted by molar-refractivity contribution is 5.72. The lowest BCUT2D eigenvalue weighted by atomic mass is 9.99. The Morgan fingerprint density at radius 1 is 1.47 bits per heavy atom. The lowest BCUT2D eigenvalue weighted by Crippen LogP contribution is -2.38. The second kappa shape index (κ2) is 4.55. The van der Waals surface area contributed by atoms with Gasteiger partial charge in [-0.25, -0.2) is 0 Å². The summed E-state index contributed by atoms with van der Waals surface area (Å²) in [5, 5.41) is 0. The zero-order valence-corrected chi connectivity index (χ0v) is 10.8. The van der Waals surface area contributed by atoms with E-state index in [4.69, 9.17) is 18.9 Å². The Balaban J connectivity index is 2.01. The van der Waals surface area contributed by atoms with Crippen LogP contribution in [0.2, 0.25) is 0 Å². The van der Waals surface area contributed by atoms with E-state index in [1.165, 1.54) is 0 Å². The second-order valence-corrected chi connectivity index (χ2v) is 4.98. The number of fused-ring (bicyclic) bond motifs is 1. The molecule has 0 spiro atoms. The summed E-state index contributed by atoms with van der Waals surface area (Å²) in [7, 11) is 0. The zero-order chi connectivity index (χ0) is 12.6. The molecule has 0 bridgehead atoms. The van der Waals surface area contributed by atoms with Crippen LogP contribution < -0.4 is 0 Å². The van der Waals surface area contributed by atoms with Crippen molar-refractivity contribution >= 4 is 5.97 Å². The van der Waals surface area contributed by atoms with Gasteiger partial charge in [-0.1, -0.05) is 0 Å². The number of hydrogen-bond donors (Lipinski definition) is 0. The van der Waals surface area contributed by atoms with Gasteiger partial charge < -0.3 is 18.9 Å². The topological polar surface area (TPSA) is 54.0 Å². The molecular weight excluding hydrogens is 224 g/mol. The summed E-state index contributed by atoms with van der Waals surface area (Å²) in [6.45, 7) is 8.20. The fraction of sp³-hybridized carbons (Fsp3) is 0.917.